The molecule has 21 heavy (non-hydrogen) atoms. The lowest BCUT2D eigenvalue weighted by Gasteiger charge is -2.00. The van der Waals surface area contributed by atoms with Crippen molar-refractivity contribution in [3.63, 3.8) is 0 Å². The topological polar surface area (TPSA) is 70.7 Å². The Kier molecular flexibility index (Phi) is 3.98. The lowest BCUT2D eigenvalue weighted by Crippen LogP contribution is -2.22. The van der Waals surface area contributed by atoms with E-state index in [2.05, 4.69) is 20.5 Å². The molecule has 0 spiro atoms. The van der Waals surface area contributed by atoms with Crippen LogP contribution < -0.4 is 5.32 Å². The Hall–Kier alpha value is -2.18. The molecule has 1 amide bonds. The first-order valence-corrected chi connectivity index (χ1v) is 7.40. The minimum atomic E-state index is -0.186. The molecular formula is C14H11ClN4OS. The summed E-state index contributed by atoms with van der Waals surface area (Å²) < 4.78 is 0. The second-order valence-corrected chi connectivity index (χ2v) is 5.84. The van der Waals surface area contributed by atoms with Gasteiger partial charge in [0.25, 0.3) is 5.91 Å². The van der Waals surface area contributed by atoms with Crippen LogP contribution in [0.4, 0.5) is 0 Å². The molecule has 0 aliphatic rings. The van der Waals surface area contributed by atoms with Crippen molar-refractivity contribution in [2.75, 3.05) is 0 Å². The number of aromatic nitrogens is 3. The van der Waals surface area contributed by atoms with Crippen molar-refractivity contribution < 1.29 is 4.79 Å². The van der Waals surface area contributed by atoms with Gasteiger partial charge in [0.1, 0.15) is 10.7 Å². The predicted molar refractivity (Wildman–Crippen MR) is 82.3 cm³/mol. The van der Waals surface area contributed by atoms with Crippen molar-refractivity contribution in [1.82, 2.24) is 20.5 Å². The van der Waals surface area contributed by atoms with Gasteiger partial charge in [-0.05, 0) is 18.2 Å². The van der Waals surface area contributed by atoms with E-state index < -0.39 is 0 Å². The number of nitrogens with zero attached hydrogens (tertiary/aromatic N) is 2. The number of amides is 1. The summed E-state index contributed by atoms with van der Waals surface area (Å²) in [5, 5.41) is 10.8. The molecule has 106 valence electrons. The summed E-state index contributed by atoms with van der Waals surface area (Å²) in [6.45, 7) is 0.434. The number of carbonyl (C=O) groups is 1. The monoisotopic (exact) mass is 318 g/mol. The number of carbonyl (C=O) groups excluding carboxylic acids is 1. The fourth-order valence-corrected chi connectivity index (χ4v) is 2.74. The molecule has 0 radical (unpaired) electrons. The fourth-order valence-electron chi connectivity index (χ4n) is 1.76. The lowest BCUT2D eigenvalue weighted by molar-refractivity contribution is 0.0946. The van der Waals surface area contributed by atoms with E-state index in [9.17, 15) is 4.79 Å². The Bertz CT molecular complexity index is 737. The zero-order chi connectivity index (χ0) is 14.7. The first-order valence-electron chi connectivity index (χ1n) is 6.20. The van der Waals surface area contributed by atoms with Gasteiger partial charge in [-0.1, -0.05) is 23.7 Å². The fraction of sp³-hybridized carbons (Fsp3) is 0.0714. The summed E-state index contributed by atoms with van der Waals surface area (Å²) >= 11 is 7.40. The smallest absolute Gasteiger partial charge is 0.269 e. The second kappa shape index (κ2) is 6.07. The molecule has 0 atom stereocenters. The van der Waals surface area contributed by atoms with Crippen LogP contribution in [0, 0.1) is 0 Å². The number of rotatable bonds is 4. The molecule has 0 bridgehead atoms. The second-order valence-electron chi connectivity index (χ2n) is 4.29. The van der Waals surface area contributed by atoms with E-state index in [1.165, 1.54) is 11.3 Å². The van der Waals surface area contributed by atoms with Gasteiger partial charge in [0.15, 0.2) is 0 Å². The number of nitrogens with one attached hydrogen (secondary N) is 2. The molecule has 0 unspecified atom stereocenters. The Morgan fingerprint density at radius 3 is 2.81 bits per heavy atom. The molecule has 0 saturated carbocycles. The number of halogens is 1. The Balaban J connectivity index is 1.65. The third-order valence-corrected chi connectivity index (χ3v) is 4.11. The highest BCUT2D eigenvalue weighted by Crippen LogP contribution is 2.26. The van der Waals surface area contributed by atoms with Gasteiger partial charge in [-0.25, -0.2) is 4.98 Å². The van der Waals surface area contributed by atoms with Crippen molar-refractivity contribution in [2.24, 2.45) is 0 Å². The van der Waals surface area contributed by atoms with Crippen molar-refractivity contribution >= 4 is 28.8 Å². The van der Waals surface area contributed by atoms with Gasteiger partial charge in [0.2, 0.25) is 0 Å². The van der Waals surface area contributed by atoms with E-state index in [-0.39, 0.29) is 5.91 Å². The molecule has 0 saturated heterocycles. The molecular weight excluding hydrogens is 308 g/mol. The number of thiazole rings is 1. The van der Waals surface area contributed by atoms with Gasteiger partial charge in [0, 0.05) is 27.9 Å². The maximum absolute atomic E-state index is 11.8. The van der Waals surface area contributed by atoms with Gasteiger partial charge in [-0.2, -0.15) is 5.10 Å². The molecule has 0 fully saturated rings. The SMILES string of the molecule is O=C(NCc1cnc(-c2ccc(Cl)cc2)s1)c1ccn[nH]1. The molecule has 1 aromatic carbocycles. The normalized spacial score (nSPS) is 10.5. The van der Waals surface area contributed by atoms with E-state index >= 15 is 0 Å². The number of benzene rings is 1. The molecule has 0 aliphatic carbocycles. The van der Waals surface area contributed by atoms with E-state index in [0.29, 0.717) is 17.3 Å². The molecule has 2 heterocycles. The van der Waals surface area contributed by atoms with Gasteiger partial charge in [-0.15, -0.1) is 11.3 Å². The van der Waals surface area contributed by atoms with E-state index in [1.54, 1.807) is 18.5 Å². The molecule has 2 N–H and O–H groups in total. The van der Waals surface area contributed by atoms with Crippen molar-refractivity contribution in [3.8, 4) is 10.6 Å². The zero-order valence-corrected chi connectivity index (χ0v) is 12.4. The summed E-state index contributed by atoms with van der Waals surface area (Å²) in [6, 6.07) is 9.14. The number of hydrogen-bond donors (Lipinski definition) is 2. The van der Waals surface area contributed by atoms with Crippen LogP contribution in [0.3, 0.4) is 0 Å². The number of aromatic amines is 1. The quantitative estimate of drug-likeness (QED) is 0.776. The minimum Gasteiger partial charge on any atom is -0.346 e. The minimum absolute atomic E-state index is 0.186. The van der Waals surface area contributed by atoms with Crippen molar-refractivity contribution in [2.45, 2.75) is 6.54 Å². The van der Waals surface area contributed by atoms with Crippen molar-refractivity contribution in [3.05, 3.63) is 58.3 Å². The lowest BCUT2D eigenvalue weighted by atomic mass is 10.2. The summed E-state index contributed by atoms with van der Waals surface area (Å²) in [6.07, 6.45) is 3.31. The Morgan fingerprint density at radius 1 is 1.29 bits per heavy atom. The summed E-state index contributed by atoms with van der Waals surface area (Å²) in [4.78, 5) is 17.1. The van der Waals surface area contributed by atoms with Crippen LogP contribution in [-0.4, -0.2) is 21.1 Å². The maximum Gasteiger partial charge on any atom is 0.269 e. The average molecular weight is 319 g/mol. The summed E-state index contributed by atoms with van der Waals surface area (Å²) in [5.41, 5.74) is 1.45. The van der Waals surface area contributed by atoms with Crippen LogP contribution in [0.5, 0.6) is 0 Å². The van der Waals surface area contributed by atoms with E-state index in [1.807, 2.05) is 24.3 Å². The van der Waals surface area contributed by atoms with Crippen LogP contribution >= 0.6 is 22.9 Å². The van der Waals surface area contributed by atoms with Gasteiger partial charge >= 0.3 is 0 Å². The average Bonchev–Trinajstić information content (AvgIpc) is 3.17. The van der Waals surface area contributed by atoms with Crippen LogP contribution in [0.1, 0.15) is 15.4 Å². The highest BCUT2D eigenvalue weighted by atomic mass is 35.5. The molecule has 0 aliphatic heterocycles. The molecule has 7 heteroatoms. The molecule has 5 nitrogen and oxygen atoms in total. The first kappa shape index (κ1) is 13.8. The Morgan fingerprint density at radius 2 is 2.10 bits per heavy atom. The molecule has 3 aromatic rings. The van der Waals surface area contributed by atoms with Crippen LogP contribution in [0.2, 0.25) is 5.02 Å². The zero-order valence-electron chi connectivity index (χ0n) is 10.8. The van der Waals surface area contributed by atoms with Gasteiger partial charge < -0.3 is 5.32 Å². The summed E-state index contributed by atoms with van der Waals surface area (Å²) in [7, 11) is 0. The van der Waals surface area contributed by atoms with Gasteiger partial charge in [-0.3, -0.25) is 9.89 Å². The molecule has 2 aromatic heterocycles. The third kappa shape index (κ3) is 3.29. The third-order valence-electron chi connectivity index (χ3n) is 2.81. The number of H-pyrrole nitrogens is 1. The Labute approximate surface area is 130 Å². The van der Waals surface area contributed by atoms with Crippen LogP contribution in [0.15, 0.2) is 42.7 Å². The first-order chi connectivity index (χ1) is 10.2. The van der Waals surface area contributed by atoms with Crippen LogP contribution in [0.25, 0.3) is 10.6 Å². The molecule has 3 rings (SSSR count). The predicted octanol–water partition coefficient (Wildman–Crippen LogP) is 3.12. The largest absolute Gasteiger partial charge is 0.346 e. The summed E-state index contributed by atoms with van der Waals surface area (Å²) in [5.74, 6) is -0.186. The van der Waals surface area contributed by atoms with E-state index in [4.69, 9.17) is 11.6 Å². The highest BCUT2D eigenvalue weighted by Gasteiger charge is 2.08. The number of hydrogen-bond acceptors (Lipinski definition) is 4. The van der Waals surface area contributed by atoms with Crippen LogP contribution in [-0.2, 0) is 6.54 Å². The standard InChI is InChI=1S/C14H11ClN4OS/c15-10-3-1-9(2-4-10)14-17-8-11(21-14)7-16-13(20)12-5-6-18-19-12/h1-6,8H,7H2,(H,16,20)(H,18,19). The highest BCUT2D eigenvalue weighted by molar-refractivity contribution is 7.15. The van der Waals surface area contributed by atoms with Gasteiger partial charge in [0.05, 0.1) is 6.54 Å². The van der Waals surface area contributed by atoms with Crippen molar-refractivity contribution in [1.29, 1.82) is 0 Å². The maximum atomic E-state index is 11.8. The van der Waals surface area contributed by atoms with E-state index in [0.717, 1.165) is 15.4 Å².